The van der Waals surface area contributed by atoms with E-state index in [9.17, 15) is 4.79 Å². The first kappa shape index (κ1) is 17.7. The summed E-state index contributed by atoms with van der Waals surface area (Å²) in [6.07, 6.45) is 1.39. The fraction of sp³-hybridized carbons (Fsp3) is 0.375. The highest BCUT2D eigenvalue weighted by Gasteiger charge is 2.21. The number of nitrogens with zero attached hydrogens (tertiary/aromatic N) is 5. The lowest BCUT2D eigenvalue weighted by Crippen LogP contribution is -2.48. The number of carbonyl (C=O) groups is 1. The van der Waals surface area contributed by atoms with Crippen LogP contribution in [0.1, 0.15) is 10.4 Å². The second kappa shape index (κ2) is 8.29. The molecule has 0 atom stereocenters. The molecule has 0 saturated carbocycles. The Morgan fingerprint density at radius 1 is 1.40 bits per heavy atom. The maximum absolute atomic E-state index is 12.4. The van der Waals surface area contributed by atoms with Crippen LogP contribution in [-0.2, 0) is 11.3 Å². The minimum absolute atomic E-state index is 0.0762. The summed E-state index contributed by atoms with van der Waals surface area (Å²) in [6.45, 7) is 4.19. The standard InChI is InChI=1S/C16H18N6OS2/c17-8-12-9-19-16(20-15(12)18)25-11-14(23)22-5-3-21(4-6-22)10-13-2-1-7-24-13/h1-2,7,9H,3-6,10-11H2,(H2,18,19,20). The van der Waals surface area contributed by atoms with Gasteiger partial charge in [0.05, 0.1) is 11.9 Å². The van der Waals surface area contributed by atoms with E-state index in [1.54, 1.807) is 11.3 Å². The maximum atomic E-state index is 12.4. The van der Waals surface area contributed by atoms with Gasteiger partial charge >= 0.3 is 0 Å². The van der Waals surface area contributed by atoms with Crippen LogP contribution < -0.4 is 5.73 Å². The number of thioether (sulfide) groups is 1. The van der Waals surface area contributed by atoms with Gasteiger partial charge in [0.2, 0.25) is 5.91 Å². The average Bonchev–Trinajstić information content (AvgIpc) is 3.13. The van der Waals surface area contributed by atoms with Crippen LogP contribution >= 0.6 is 23.1 Å². The van der Waals surface area contributed by atoms with Gasteiger partial charge in [-0.05, 0) is 11.4 Å². The lowest BCUT2D eigenvalue weighted by Gasteiger charge is -2.34. The molecule has 0 radical (unpaired) electrons. The first-order valence-electron chi connectivity index (χ1n) is 7.83. The number of thiophene rings is 1. The largest absolute Gasteiger partial charge is 0.382 e. The molecule has 7 nitrogen and oxygen atoms in total. The van der Waals surface area contributed by atoms with E-state index in [0.717, 1.165) is 32.7 Å². The van der Waals surface area contributed by atoms with Gasteiger partial charge in [0.15, 0.2) is 5.16 Å². The molecule has 0 unspecified atom stereocenters. The maximum Gasteiger partial charge on any atom is 0.233 e. The topological polar surface area (TPSA) is 99.1 Å². The van der Waals surface area contributed by atoms with Crippen molar-refractivity contribution in [2.45, 2.75) is 11.7 Å². The Hall–Kier alpha value is -2.15. The number of hydrogen-bond acceptors (Lipinski definition) is 8. The molecule has 1 fully saturated rings. The Balaban J connectivity index is 1.45. The van der Waals surface area contributed by atoms with E-state index in [-0.39, 0.29) is 23.0 Å². The van der Waals surface area contributed by atoms with E-state index in [0.29, 0.717) is 5.16 Å². The molecule has 0 aromatic carbocycles. The summed E-state index contributed by atoms with van der Waals surface area (Å²) in [5.41, 5.74) is 5.91. The number of amides is 1. The Morgan fingerprint density at radius 3 is 2.84 bits per heavy atom. The van der Waals surface area contributed by atoms with Gasteiger partial charge in [-0.25, -0.2) is 9.97 Å². The number of aromatic nitrogens is 2. The van der Waals surface area contributed by atoms with Crippen molar-refractivity contribution in [2.24, 2.45) is 0 Å². The van der Waals surface area contributed by atoms with Crippen LogP contribution in [0, 0.1) is 11.3 Å². The predicted octanol–water partition coefficient (Wildman–Crippen LogP) is 1.43. The number of nitriles is 1. The Kier molecular flexibility index (Phi) is 5.86. The summed E-state index contributed by atoms with van der Waals surface area (Å²) in [5, 5.41) is 11.3. The van der Waals surface area contributed by atoms with Crippen molar-refractivity contribution in [1.29, 1.82) is 5.26 Å². The molecule has 1 aliphatic rings. The van der Waals surface area contributed by atoms with Crippen LogP contribution in [0.4, 0.5) is 5.82 Å². The Morgan fingerprint density at radius 2 is 2.20 bits per heavy atom. The smallest absolute Gasteiger partial charge is 0.233 e. The number of piperazine rings is 1. The first-order chi connectivity index (χ1) is 12.2. The van der Waals surface area contributed by atoms with Crippen molar-refractivity contribution < 1.29 is 4.79 Å². The first-order valence-corrected chi connectivity index (χ1v) is 9.70. The summed E-state index contributed by atoms with van der Waals surface area (Å²) in [4.78, 5) is 26.1. The zero-order chi connectivity index (χ0) is 17.6. The SMILES string of the molecule is N#Cc1cnc(SCC(=O)N2CCN(Cc3cccs3)CC2)nc1N. The van der Waals surface area contributed by atoms with Crippen LogP contribution in [0.25, 0.3) is 0 Å². The van der Waals surface area contributed by atoms with Gasteiger partial charge < -0.3 is 10.6 Å². The predicted molar refractivity (Wildman–Crippen MR) is 98.1 cm³/mol. The molecule has 2 aromatic rings. The van der Waals surface area contributed by atoms with E-state index in [1.165, 1.54) is 22.8 Å². The third-order valence-corrected chi connectivity index (χ3v) is 5.63. The third-order valence-electron chi connectivity index (χ3n) is 3.93. The molecular formula is C16H18N6OS2. The van der Waals surface area contributed by atoms with Crippen LogP contribution in [0.5, 0.6) is 0 Å². The molecule has 3 rings (SSSR count). The molecule has 3 heterocycles. The molecular weight excluding hydrogens is 356 g/mol. The fourth-order valence-corrected chi connectivity index (χ4v) is 4.00. The van der Waals surface area contributed by atoms with Crippen molar-refractivity contribution in [3.63, 3.8) is 0 Å². The Labute approximate surface area is 154 Å². The summed E-state index contributed by atoms with van der Waals surface area (Å²) >= 11 is 3.01. The molecule has 1 amide bonds. The van der Waals surface area contributed by atoms with Gasteiger partial charge in [-0.2, -0.15) is 5.26 Å². The van der Waals surface area contributed by atoms with Crippen molar-refractivity contribution in [3.8, 4) is 6.07 Å². The number of hydrogen-bond donors (Lipinski definition) is 1. The van der Waals surface area contributed by atoms with E-state index in [4.69, 9.17) is 11.0 Å². The normalized spacial score (nSPS) is 15.1. The molecule has 2 N–H and O–H groups in total. The highest BCUT2D eigenvalue weighted by molar-refractivity contribution is 7.99. The molecule has 2 aromatic heterocycles. The van der Waals surface area contributed by atoms with Crippen molar-refractivity contribution in [3.05, 3.63) is 34.2 Å². The van der Waals surface area contributed by atoms with E-state index in [1.807, 2.05) is 11.0 Å². The van der Waals surface area contributed by atoms with Gasteiger partial charge in [0.25, 0.3) is 0 Å². The minimum Gasteiger partial charge on any atom is -0.382 e. The molecule has 130 valence electrons. The monoisotopic (exact) mass is 374 g/mol. The molecule has 0 bridgehead atoms. The zero-order valence-electron chi connectivity index (χ0n) is 13.6. The fourth-order valence-electron chi connectivity index (χ4n) is 2.53. The van der Waals surface area contributed by atoms with Crippen molar-refractivity contribution >= 4 is 34.8 Å². The van der Waals surface area contributed by atoms with Gasteiger partial charge in [-0.3, -0.25) is 9.69 Å². The van der Waals surface area contributed by atoms with E-state index in [2.05, 4.69) is 32.4 Å². The summed E-state index contributed by atoms with van der Waals surface area (Å²) in [7, 11) is 0. The number of carbonyl (C=O) groups excluding carboxylic acids is 1. The molecule has 0 aliphatic carbocycles. The minimum atomic E-state index is 0.0762. The molecule has 0 spiro atoms. The third kappa shape index (κ3) is 4.69. The zero-order valence-corrected chi connectivity index (χ0v) is 15.2. The van der Waals surface area contributed by atoms with E-state index < -0.39 is 0 Å². The van der Waals surface area contributed by atoms with Gasteiger partial charge in [-0.15, -0.1) is 11.3 Å². The number of nitrogen functional groups attached to an aromatic ring is 1. The molecule has 1 saturated heterocycles. The number of anilines is 1. The quantitative estimate of drug-likeness (QED) is 0.624. The number of nitrogens with two attached hydrogens (primary N) is 1. The van der Waals surface area contributed by atoms with Crippen LogP contribution in [0.3, 0.4) is 0 Å². The van der Waals surface area contributed by atoms with Gasteiger partial charge in [0.1, 0.15) is 17.5 Å². The number of rotatable bonds is 5. The molecule has 1 aliphatic heterocycles. The lowest BCUT2D eigenvalue weighted by molar-refractivity contribution is -0.130. The summed E-state index contributed by atoms with van der Waals surface area (Å²) < 4.78 is 0. The van der Waals surface area contributed by atoms with Gasteiger partial charge in [-0.1, -0.05) is 17.8 Å². The second-order valence-corrected chi connectivity index (χ2v) is 7.56. The van der Waals surface area contributed by atoms with Gasteiger partial charge in [0, 0.05) is 37.6 Å². The van der Waals surface area contributed by atoms with Crippen molar-refractivity contribution in [2.75, 3.05) is 37.7 Å². The van der Waals surface area contributed by atoms with Crippen LogP contribution in [0.2, 0.25) is 0 Å². The van der Waals surface area contributed by atoms with Crippen LogP contribution in [0.15, 0.2) is 28.9 Å². The van der Waals surface area contributed by atoms with Crippen LogP contribution in [-0.4, -0.2) is 57.6 Å². The average molecular weight is 374 g/mol. The summed E-state index contributed by atoms with van der Waals surface area (Å²) in [6, 6.07) is 6.13. The van der Waals surface area contributed by atoms with E-state index >= 15 is 0 Å². The lowest BCUT2D eigenvalue weighted by atomic mass is 10.3. The summed E-state index contributed by atoms with van der Waals surface area (Å²) in [5.74, 6) is 0.498. The highest BCUT2D eigenvalue weighted by Crippen LogP contribution is 2.18. The highest BCUT2D eigenvalue weighted by atomic mass is 32.2. The molecule has 9 heteroatoms. The Bertz CT molecular complexity index is 765. The van der Waals surface area contributed by atoms with Crippen molar-refractivity contribution in [1.82, 2.24) is 19.8 Å². The second-order valence-electron chi connectivity index (χ2n) is 5.59. The molecule has 25 heavy (non-hydrogen) atoms.